The summed E-state index contributed by atoms with van der Waals surface area (Å²) in [4.78, 5) is 13.4. The van der Waals surface area contributed by atoms with Gasteiger partial charge in [0, 0.05) is 12.3 Å². The third-order valence-corrected chi connectivity index (χ3v) is 2.96. The number of aromatic amines is 1. The van der Waals surface area contributed by atoms with Gasteiger partial charge in [-0.05, 0) is 12.2 Å². The van der Waals surface area contributed by atoms with Crippen LogP contribution in [0.5, 0.6) is 0 Å². The molecule has 0 amide bonds. The second-order valence-electron chi connectivity index (χ2n) is 3.75. The first-order chi connectivity index (χ1) is 8.04. The number of aliphatic hydroxyl groups is 3. The molecular formula is C9H12N2O5S. The number of aromatic nitrogens is 2. The lowest BCUT2D eigenvalue weighted by Gasteiger charge is -2.17. The zero-order valence-corrected chi connectivity index (χ0v) is 9.50. The molecule has 1 aliphatic rings. The van der Waals surface area contributed by atoms with Crippen molar-refractivity contribution in [3.63, 3.8) is 0 Å². The fraction of sp³-hybridized carbons (Fsp3) is 0.556. The predicted molar refractivity (Wildman–Crippen MR) is 58.9 cm³/mol. The van der Waals surface area contributed by atoms with Crippen molar-refractivity contribution in [1.82, 2.24) is 9.55 Å². The number of hydrogen-bond donors (Lipinski definition) is 4. The van der Waals surface area contributed by atoms with Crippen molar-refractivity contribution < 1.29 is 20.1 Å². The molecule has 0 aromatic carbocycles. The van der Waals surface area contributed by atoms with Gasteiger partial charge in [0.2, 0.25) is 0 Å². The average molecular weight is 260 g/mol. The SMILES string of the molecule is O=c1ccn([C@H]2O[C@H](CO)[C@@H](O)[C@H]2O)c(=S)[nH]1. The highest BCUT2D eigenvalue weighted by Crippen LogP contribution is 2.28. The lowest BCUT2D eigenvalue weighted by atomic mass is 10.1. The Labute approximate surface area is 101 Å². The molecule has 2 rings (SSSR count). The monoisotopic (exact) mass is 260 g/mol. The molecule has 2 heterocycles. The maximum atomic E-state index is 11.0. The lowest BCUT2D eigenvalue weighted by Crippen LogP contribution is -2.33. The Bertz CT molecular complexity index is 513. The Kier molecular flexibility index (Phi) is 3.40. The number of nitrogens with zero attached hydrogens (tertiary/aromatic N) is 1. The van der Waals surface area contributed by atoms with E-state index >= 15 is 0 Å². The van der Waals surface area contributed by atoms with Gasteiger partial charge in [-0.25, -0.2) is 0 Å². The smallest absolute Gasteiger partial charge is 0.251 e. The van der Waals surface area contributed by atoms with E-state index in [9.17, 15) is 15.0 Å². The first kappa shape index (κ1) is 12.4. The number of H-pyrrole nitrogens is 1. The van der Waals surface area contributed by atoms with Crippen LogP contribution in [0.15, 0.2) is 17.1 Å². The first-order valence-corrected chi connectivity index (χ1v) is 5.39. The van der Waals surface area contributed by atoms with Crippen LogP contribution >= 0.6 is 12.2 Å². The summed E-state index contributed by atoms with van der Waals surface area (Å²) in [5, 5.41) is 28.3. The summed E-state index contributed by atoms with van der Waals surface area (Å²) in [5.41, 5.74) is -0.363. The molecule has 1 aromatic heterocycles. The van der Waals surface area contributed by atoms with E-state index in [0.717, 1.165) is 0 Å². The van der Waals surface area contributed by atoms with Crippen LogP contribution in [0.25, 0.3) is 0 Å². The fourth-order valence-electron chi connectivity index (χ4n) is 1.74. The molecule has 17 heavy (non-hydrogen) atoms. The van der Waals surface area contributed by atoms with E-state index in [1.54, 1.807) is 0 Å². The van der Waals surface area contributed by atoms with Crippen LogP contribution in [-0.2, 0) is 4.74 Å². The topological polar surface area (TPSA) is 108 Å². The highest BCUT2D eigenvalue weighted by atomic mass is 32.1. The molecule has 0 bridgehead atoms. The minimum atomic E-state index is -1.22. The summed E-state index contributed by atoms with van der Waals surface area (Å²) in [6.07, 6.45) is -2.85. The van der Waals surface area contributed by atoms with E-state index < -0.39 is 31.1 Å². The third kappa shape index (κ3) is 2.17. The normalized spacial score (nSPS) is 32.9. The third-order valence-electron chi connectivity index (χ3n) is 2.64. The van der Waals surface area contributed by atoms with Gasteiger partial charge in [0.1, 0.15) is 18.3 Å². The molecule has 1 saturated heterocycles. The van der Waals surface area contributed by atoms with Crippen LogP contribution in [0.3, 0.4) is 0 Å². The maximum Gasteiger partial charge on any atom is 0.251 e. The molecule has 0 spiro atoms. The van der Waals surface area contributed by atoms with Crippen molar-refractivity contribution in [3.05, 3.63) is 27.4 Å². The van der Waals surface area contributed by atoms with Crippen LogP contribution in [0.4, 0.5) is 0 Å². The molecule has 0 saturated carbocycles. The average Bonchev–Trinajstić information content (AvgIpc) is 2.57. The molecule has 0 aliphatic carbocycles. The van der Waals surface area contributed by atoms with Crippen LogP contribution in [0.2, 0.25) is 0 Å². The number of hydrogen-bond acceptors (Lipinski definition) is 6. The molecule has 4 atom stereocenters. The summed E-state index contributed by atoms with van der Waals surface area (Å²) in [6, 6.07) is 1.23. The summed E-state index contributed by atoms with van der Waals surface area (Å²) in [7, 11) is 0. The second kappa shape index (κ2) is 4.67. The summed E-state index contributed by atoms with van der Waals surface area (Å²) < 4.78 is 6.66. The molecule has 8 heteroatoms. The largest absolute Gasteiger partial charge is 0.394 e. The van der Waals surface area contributed by atoms with Gasteiger partial charge in [0.25, 0.3) is 5.56 Å². The molecule has 1 aromatic rings. The zero-order valence-electron chi connectivity index (χ0n) is 8.68. The highest BCUT2D eigenvalue weighted by molar-refractivity contribution is 7.71. The van der Waals surface area contributed by atoms with Crippen LogP contribution in [-0.4, -0.2) is 49.8 Å². The van der Waals surface area contributed by atoms with Gasteiger partial charge in [0.05, 0.1) is 6.61 Å². The molecule has 4 N–H and O–H groups in total. The van der Waals surface area contributed by atoms with E-state index in [1.165, 1.54) is 16.8 Å². The Hall–Kier alpha value is -1.06. The Morgan fingerprint density at radius 1 is 1.47 bits per heavy atom. The van der Waals surface area contributed by atoms with Crippen molar-refractivity contribution in [1.29, 1.82) is 0 Å². The fourth-order valence-corrected chi connectivity index (χ4v) is 2.00. The summed E-state index contributed by atoms with van der Waals surface area (Å²) in [6.45, 7) is -0.411. The van der Waals surface area contributed by atoms with Crippen molar-refractivity contribution in [2.75, 3.05) is 6.61 Å². The Morgan fingerprint density at radius 3 is 2.71 bits per heavy atom. The first-order valence-electron chi connectivity index (χ1n) is 4.98. The van der Waals surface area contributed by atoms with Crippen molar-refractivity contribution >= 4 is 12.2 Å². The van der Waals surface area contributed by atoms with Crippen molar-refractivity contribution in [2.24, 2.45) is 0 Å². The number of aliphatic hydroxyl groups excluding tert-OH is 3. The number of nitrogens with one attached hydrogen (secondary N) is 1. The van der Waals surface area contributed by atoms with Gasteiger partial charge in [-0.15, -0.1) is 0 Å². The standard InChI is InChI=1S/C9H12N2O5S/c12-3-4-6(14)7(15)8(16-4)11-2-1-5(13)10-9(11)17/h1-2,4,6-8,12,14-15H,3H2,(H,10,13,17)/t4-,6-,7-,8+/m1/s1. The van der Waals surface area contributed by atoms with E-state index in [4.69, 9.17) is 22.1 Å². The molecule has 0 radical (unpaired) electrons. The number of ether oxygens (including phenoxy) is 1. The van der Waals surface area contributed by atoms with Crippen LogP contribution in [0.1, 0.15) is 6.23 Å². The summed E-state index contributed by atoms with van der Waals surface area (Å²) >= 11 is 4.91. The molecular weight excluding hydrogens is 248 g/mol. The minimum absolute atomic E-state index is 0.0762. The quantitative estimate of drug-likeness (QED) is 0.483. The molecule has 1 fully saturated rings. The van der Waals surface area contributed by atoms with Crippen molar-refractivity contribution in [2.45, 2.75) is 24.5 Å². The molecule has 0 unspecified atom stereocenters. The zero-order chi connectivity index (χ0) is 12.6. The summed E-state index contributed by atoms with van der Waals surface area (Å²) in [5.74, 6) is 0. The van der Waals surface area contributed by atoms with Gasteiger partial charge >= 0.3 is 0 Å². The predicted octanol–water partition coefficient (Wildman–Crippen LogP) is -1.48. The highest BCUT2D eigenvalue weighted by Gasteiger charge is 2.43. The second-order valence-corrected chi connectivity index (χ2v) is 4.13. The van der Waals surface area contributed by atoms with E-state index in [0.29, 0.717) is 0 Å². The molecule has 94 valence electrons. The van der Waals surface area contributed by atoms with Gasteiger partial charge in [-0.1, -0.05) is 0 Å². The number of rotatable bonds is 2. The van der Waals surface area contributed by atoms with E-state index in [2.05, 4.69) is 4.98 Å². The van der Waals surface area contributed by atoms with Gasteiger partial charge in [-0.3, -0.25) is 14.3 Å². The van der Waals surface area contributed by atoms with Gasteiger partial charge in [-0.2, -0.15) is 0 Å². The Morgan fingerprint density at radius 2 is 2.18 bits per heavy atom. The molecule has 7 nitrogen and oxygen atoms in total. The van der Waals surface area contributed by atoms with E-state index in [-0.39, 0.29) is 10.3 Å². The minimum Gasteiger partial charge on any atom is -0.394 e. The van der Waals surface area contributed by atoms with Crippen LogP contribution < -0.4 is 5.56 Å². The van der Waals surface area contributed by atoms with Crippen molar-refractivity contribution in [3.8, 4) is 0 Å². The lowest BCUT2D eigenvalue weighted by molar-refractivity contribution is -0.0541. The maximum absolute atomic E-state index is 11.0. The van der Waals surface area contributed by atoms with E-state index in [1.807, 2.05) is 0 Å². The Balaban J connectivity index is 2.35. The molecule has 1 aliphatic heterocycles. The van der Waals surface area contributed by atoms with Gasteiger partial charge < -0.3 is 20.1 Å². The van der Waals surface area contributed by atoms with Gasteiger partial charge in [0.15, 0.2) is 11.0 Å². The van der Waals surface area contributed by atoms with Crippen LogP contribution in [0, 0.1) is 4.77 Å².